The molecule has 0 aliphatic carbocycles. The van der Waals surface area contributed by atoms with Gasteiger partial charge in [-0.2, -0.15) is 0 Å². The predicted molar refractivity (Wildman–Crippen MR) is 81.9 cm³/mol. The predicted octanol–water partition coefficient (Wildman–Crippen LogP) is 2.58. The number of hydrogen-bond acceptors (Lipinski definition) is 4. The lowest BCUT2D eigenvalue weighted by molar-refractivity contribution is 0.392. The Labute approximate surface area is 124 Å². The third kappa shape index (κ3) is 4.16. The average Bonchev–Trinajstić information content (AvgIpc) is 2.52. The number of benzene rings is 1. The minimum atomic E-state index is -0.239. The van der Waals surface area contributed by atoms with Gasteiger partial charge in [-0.05, 0) is 43.3 Å². The fraction of sp³-hybridized carbons (Fsp3) is 0.312. The van der Waals surface area contributed by atoms with Crippen LogP contribution in [0.4, 0.5) is 10.1 Å². The second-order valence-corrected chi connectivity index (χ2v) is 4.71. The Morgan fingerprint density at radius 3 is 2.67 bits per heavy atom. The molecular weight excluding hydrogens is 269 g/mol. The summed E-state index contributed by atoms with van der Waals surface area (Å²) < 4.78 is 18.4. The number of nitrogens with two attached hydrogens (primary N) is 1. The molecule has 2 rings (SSSR count). The maximum atomic E-state index is 13.1. The summed E-state index contributed by atoms with van der Waals surface area (Å²) in [5.41, 5.74) is 7.55. The van der Waals surface area contributed by atoms with Gasteiger partial charge in [0.1, 0.15) is 5.82 Å². The molecule has 2 N–H and O–H groups in total. The summed E-state index contributed by atoms with van der Waals surface area (Å²) in [7, 11) is 1.61. The van der Waals surface area contributed by atoms with E-state index in [2.05, 4.69) is 9.88 Å². The second-order valence-electron chi connectivity index (χ2n) is 4.71. The van der Waals surface area contributed by atoms with Gasteiger partial charge in [0, 0.05) is 30.5 Å². The molecule has 0 fully saturated rings. The van der Waals surface area contributed by atoms with Crippen LogP contribution in [0.1, 0.15) is 12.0 Å². The number of methoxy groups -OCH3 is 1. The smallest absolute Gasteiger partial charge is 0.218 e. The van der Waals surface area contributed by atoms with Gasteiger partial charge in [-0.1, -0.05) is 6.07 Å². The summed E-state index contributed by atoms with van der Waals surface area (Å²) in [5, 5.41) is 0. The third-order valence-electron chi connectivity index (χ3n) is 3.23. The van der Waals surface area contributed by atoms with Crippen molar-refractivity contribution >= 4 is 5.69 Å². The Bertz CT molecular complexity index is 560. The van der Waals surface area contributed by atoms with Crippen molar-refractivity contribution in [2.24, 2.45) is 5.73 Å². The summed E-state index contributed by atoms with van der Waals surface area (Å²) in [4.78, 5) is 6.35. The summed E-state index contributed by atoms with van der Waals surface area (Å²) in [5.74, 6) is 0.369. The molecule has 112 valence electrons. The molecule has 1 heterocycles. The van der Waals surface area contributed by atoms with Crippen LogP contribution in [0.3, 0.4) is 0 Å². The fourth-order valence-corrected chi connectivity index (χ4v) is 2.17. The van der Waals surface area contributed by atoms with Gasteiger partial charge in [0.2, 0.25) is 5.88 Å². The first kappa shape index (κ1) is 15.3. The van der Waals surface area contributed by atoms with Crippen molar-refractivity contribution in [1.82, 2.24) is 4.98 Å². The molecule has 1 aromatic carbocycles. The van der Waals surface area contributed by atoms with Gasteiger partial charge in [0.25, 0.3) is 0 Å². The average molecular weight is 289 g/mol. The summed E-state index contributed by atoms with van der Waals surface area (Å²) in [6.45, 7) is 2.05. The highest BCUT2D eigenvalue weighted by Gasteiger charge is 2.11. The summed E-state index contributed by atoms with van der Waals surface area (Å²) in [6.07, 6.45) is 2.56. The van der Waals surface area contributed by atoms with Gasteiger partial charge in [-0.15, -0.1) is 0 Å². The number of halogens is 1. The standard InChI is InChI=1S/C16H20FN3O/c1-21-16-13(4-2-10-19-16)12-20(11-3-9-18)15-7-5-14(17)6-8-15/h2,4-8,10H,3,9,11-12,18H2,1H3. The lowest BCUT2D eigenvalue weighted by Gasteiger charge is -2.25. The van der Waals surface area contributed by atoms with Crippen molar-refractivity contribution in [3.63, 3.8) is 0 Å². The van der Waals surface area contributed by atoms with Crippen LogP contribution in [0.25, 0.3) is 0 Å². The van der Waals surface area contributed by atoms with Gasteiger partial charge in [0.15, 0.2) is 0 Å². The molecule has 0 aliphatic rings. The fourth-order valence-electron chi connectivity index (χ4n) is 2.17. The zero-order valence-corrected chi connectivity index (χ0v) is 12.1. The molecule has 0 radical (unpaired) electrons. The monoisotopic (exact) mass is 289 g/mol. The van der Waals surface area contributed by atoms with Gasteiger partial charge in [0.05, 0.1) is 7.11 Å². The van der Waals surface area contributed by atoms with Crippen LogP contribution in [0.15, 0.2) is 42.6 Å². The first-order valence-corrected chi connectivity index (χ1v) is 6.93. The van der Waals surface area contributed by atoms with Gasteiger partial charge >= 0.3 is 0 Å². The topological polar surface area (TPSA) is 51.4 Å². The molecule has 0 amide bonds. The van der Waals surface area contributed by atoms with Gasteiger partial charge in [-0.3, -0.25) is 0 Å². The SMILES string of the molecule is COc1ncccc1CN(CCCN)c1ccc(F)cc1. The molecule has 0 spiro atoms. The van der Waals surface area contributed by atoms with E-state index in [1.165, 1.54) is 12.1 Å². The molecule has 0 saturated carbocycles. The van der Waals surface area contributed by atoms with E-state index in [0.29, 0.717) is 19.0 Å². The summed E-state index contributed by atoms with van der Waals surface area (Å²) in [6, 6.07) is 10.3. The number of hydrogen-bond donors (Lipinski definition) is 1. The molecule has 21 heavy (non-hydrogen) atoms. The minimum Gasteiger partial charge on any atom is -0.481 e. The van der Waals surface area contributed by atoms with Crippen LogP contribution in [-0.4, -0.2) is 25.2 Å². The molecule has 2 aromatic rings. The largest absolute Gasteiger partial charge is 0.481 e. The number of anilines is 1. The van der Waals surface area contributed by atoms with Crippen molar-refractivity contribution < 1.29 is 9.13 Å². The number of pyridine rings is 1. The first-order valence-electron chi connectivity index (χ1n) is 6.93. The molecular formula is C16H20FN3O. The number of rotatable bonds is 7. The highest BCUT2D eigenvalue weighted by atomic mass is 19.1. The van der Waals surface area contributed by atoms with E-state index in [4.69, 9.17) is 10.5 Å². The lowest BCUT2D eigenvalue weighted by atomic mass is 10.2. The van der Waals surface area contributed by atoms with Crippen LogP contribution >= 0.6 is 0 Å². The Balaban J connectivity index is 2.21. The quantitative estimate of drug-likeness (QED) is 0.851. The Morgan fingerprint density at radius 1 is 1.24 bits per heavy atom. The molecule has 0 unspecified atom stereocenters. The number of nitrogens with zero attached hydrogens (tertiary/aromatic N) is 2. The summed E-state index contributed by atoms with van der Waals surface area (Å²) >= 11 is 0. The molecule has 0 atom stereocenters. The molecule has 0 aliphatic heterocycles. The maximum absolute atomic E-state index is 13.1. The van der Waals surface area contributed by atoms with Crippen LogP contribution in [-0.2, 0) is 6.54 Å². The second kappa shape index (κ2) is 7.59. The third-order valence-corrected chi connectivity index (χ3v) is 3.23. The highest BCUT2D eigenvalue weighted by molar-refractivity contribution is 5.47. The molecule has 0 saturated heterocycles. The Kier molecular flexibility index (Phi) is 5.51. The molecule has 4 nitrogen and oxygen atoms in total. The normalized spacial score (nSPS) is 10.4. The molecule has 5 heteroatoms. The molecule has 1 aromatic heterocycles. The van der Waals surface area contributed by atoms with E-state index < -0.39 is 0 Å². The van der Waals surface area contributed by atoms with Crippen LogP contribution in [0.2, 0.25) is 0 Å². The van der Waals surface area contributed by atoms with Crippen LogP contribution < -0.4 is 15.4 Å². The van der Waals surface area contributed by atoms with Crippen molar-refractivity contribution in [3.05, 3.63) is 54.0 Å². The van der Waals surface area contributed by atoms with Crippen LogP contribution in [0, 0.1) is 5.82 Å². The highest BCUT2D eigenvalue weighted by Crippen LogP contribution is 2.22. The Morgan fingerprint density at radius 2 is 2.00 bits per heavy atom. The maximum Gasteiger partial charge on any atom is 0.218 e. The number of ether oxygens (including phenoxy) is 1. The number of aromatic nitrogens is 1. The zero-order chi connectivity index (χ0) is 15.1. The van der Waals surface area contributed by atoms with E-state index in [-0.39, 0.29) is 5.82 Å². The van der Waals surface area contributed by atoms with Crippen molar-refractivity contribution in [1.29, 1.82) is 0 Å². The van der Waals surface area contributed by atoms with E-state index in [1.807, 2.05) is 12.1 Å². The minimum absolute atomic E-state index is 0.239. The van der Waals surface area contributed by atoms with E-state index in [1.54, 1.807) is 25.4 Å². The van der Waals surface area contributed by atoms with E-state index in [0.717, 1.165) is 24.2 Å². The van der Waals surface area contributed by atoms with Gasteiger partial charge < -0.3 is 15.4 Å². The van der Waals surface area contributed by atoms with Crippen LogP contribution in [0.5, 0.6) is 5.88 Å². The van der Waals surface area contributed by atoms with E-state index >= 15 is 0 Å². The van der Waals surface area contributed by atoms with Crippen molar-refractivity contribution in [2.45, 2.75) is 13.0 Å². The first-order chi connectivity index (χ1) is 10.2. The van der Waals surface area contributed by atoms with Gasteiger partial charge in [-0.25, -0.2) is 9.37 Å². The molecule has 0 bridgehead atoms. The zero-order valence-electron chi connectivity index (χ0n) is 12.1. The van der Waals surface area contributed by atoms with Crippen molar-refractivity contribution in [2.75, 3.05) is 25.1 Å². The van der Waals surface area contributed by atoms with E-state index in [9.17, 15) is 4.39 Å². The Hall–Kier alpha value is -2.14. The lowest BCUT2D eigenvalue weighted by Crippen LogP contribution is -2.26. The van der Waals surface area contributed by atoms with Crippen molar-refractivity contribution in [3.8, 4) is 5.88 Å².